The summed E-state index contributed by atoms with van der Waals surface area (Å²) in [4.78, 5) is 16.0. The number of hydrogen-bond acceptors (Lipinski definition) is 5. The van der Waals surface area contributed by atoms with E-state index in [1.807, 2.05) is 0 Å². The molecular formula is C18H12F3NO4. The fraction of sp³-hybridized carbons (Fsp3) is 0.111. The summed E-state index contributed by atoms with van der Waals surface area (Å²) in [6, 6.07) is 9.49. The summed E-state index contributed by atoms with van der Waals surface area (Å²) in [5.41, 5.74) is 0.926. The van der Waals surface area contributed by atoms with Crippen molar-refractivity contribution in [3.63, 3.8) is 0 Å². The molecule has 0 atom stereocenters. The maximum atomic E-state index is 13.0. The number of rotatable bonds is 5. The largest absolute Gasteiger partial charge is 0.493 e. The van der Waals surface area contributed by atoms with Gasteiger partial charge in [0.25, 0.3) is 0 Å². The Labute approximate surface area is 146 Å². The number of halogens is 3. The summed E-state index contributed by atoms with van der Waals surface area (Å²) < 4.78 is 52.1. The van der Waals surface area contributed by atoms with Gasteiger partial charge in [0.1, 0.15) is 5.82 Å². The molecule has 0 aromatic heterocycles. The van der Waals surface area contributed by atoms with Crippen molar-refractivity contribution >= 4 is 17.9 Å². The third-order valence-corrected chi connectivity index (χ3v) is 3.42. The second-order valence-electron chi connectivity index (χ2n) is 5.13. The summed E-state index contributed by atoms with van der Waals surface area (Å²) in [7, 11) is 1.30. The molecule has 5 nitrogen and oxygen atoms in total. The predicted molar refractivity (Wildman–Crippen MR) is 86.6 cm³/mol. The van der Waals surface area contributed by atoms with Gasteiger partial charge in [0.05, 0.1) is 7.11 Å². The van der Waals surface area contributed by atoms with E-state index in [2.05, 4.69) is 9.73 Å². The normalized spacial score (nSPS) is 15.2. The Bertz CT molecular complexity index is 892. The van der Waals surface area contributed by atoms with Gasteiger partial charge in [-0.3, -0.25) is 0 Å². The molecule has 0 aliphatic carbocycles. The van der Waals surface area contributed by atoms with Crippen LogP contribution in [0.4, 0.5) is 13.2 Å². The van der Waals surface area contributed by atoms with Crippen molar-refractivity contribution in [3.8, 4) is 11.5 Å². The highest BCUT2D eigenvalue weighted by Gasteiger charge is 2.24. The number of alkyl halides is 2. The van der Waals surface area contributed by atoms with Gasteiger partial charge in [-0.25, -0.2) is 14.2 Å². The molecule has 0 amide bonds. The van der Waals surface area contributed by atoms with Crippen LogP contribution < -0.4 is 9.47 Å². The zero-order chi connectivity index (χ0) is 18.7. The summed E-state index contributed by atoms with van der Waals surface area (Å²) >= 11 is 0. The molecule has 1 aliphatic rings. The predicted octanol–water partition coefficient (Wildman–Crippen LogP) is 3.78. The van der Waals surface area contributed by atoms with Crippen LogP contribution in [-0.4, -0.2) is 25.6 Å². The number of methoxy groups -OCH3 is 1. The summed E-state index contributed by atoms with van der Waals surface area (Å²) in [5.74, 6) is -1.11. The van der Waals surface area contributed by atoms with Gasteiger partial charge in [-0.1, -0.05) is 6.07 Å². The molecule has 0 fully saturated rings. The van der Waals surface area contributed by atoms with Gasteiger partial charge in [0.2, 0.25) is 5.90 Å². The van der Waals surface area contributed by atoms with Crippen molar-refractivity contribution in [1.29, 1.82) is 0 Å². The number of aliphatic imine (C=N–C) groups is 1. The van der Waals surface area contributed by atoms with Crippen molar-refractivity contribution in [1.82, 2.24) is 0 Å². The van der Waals surface area contributed by atoms with Crippen LogP contribution in [0.15, 0.2) is 53.2 Å². The van der Waals surface area contributed by atoms with Crippen LogP contribution in [-0.2, 0) is 9.53 Å². The van der Waals surface area contributed by atoms with E-state index in [0.717, 1.165) is 0 Å². The minimum atomic E-state index is -2.99. The van der Waals surface area contributed by atoms with E-state index in [4.69, 9.17) is 9.47 Å². The lowest BCUT2D eigenvalue weighted by atomic mass is 10.1. The SMILES string of the molecule is COc1cc(/C=C2\N=C(c3ccc(F)cc3)OC2=O)ccc1OC(F)F. The Morgan fingerprint density at radius 1 is 1.12 bits per heavy atom. The van der Waals surface area contributed by atoms with Crippen LogP contribution in [0.3, 0.4) is 0 Å². The monoisotopic (exact) mass is 363 g/mol. The lowest BCUT2D eigenvalue weighted by molar-refractivity contribution is -0.129. The van der Waals surface area contributed by atoms with Gasteiger partial charge in [-0.05, 0) is 48.0 Å². The van der Waals surface area contributed by atoms with E-state index < -0.39 is 18.4 Å². The smallest absolute Gasteiger partial charge is 0.387 e. The van der Waals surface area contributed by atoms with Crippen molar-refractivity contribution in [2.24, 2.45) is 4.99 Å². The van der Waals surface area contributed by atoms with Gasteiger partial charge in [0, 0.05) is 5.56 Å². The molecule has 0 unspecified atom stereocenters. The average Bonchev–Trinajstić information content (AvgIpc) is 2.97. The zero-order valence-corrected chi connectivity index (χ0v) is 13.4. The minimum absolute atomic E-state index is 0.00825. The van der Waals surface area contributed by atoms with Crippen molar-refractivity contribution in [2.75, 3.05) is 7.11 Å². The molecule has 1 heterocycles. The van der Waals surface area contributed by atoms with E-state index in [1.165, 1.54) is 55.7 Å². The average molecular weight is 363 g/mol. The van der Waals surface area contributed by atoms with Crippen molar-refractivity contribution < 1.29 is 32.2 Å². The highest BCUT2D eigenvalue weighted by molar-refractivity contribution is 6.12. The first-order valence-electron chi connectivity index (χ1n) is 7.37. The Balaban J connectivity index is 1.89. The maximum absolute atomic E-state index is 13.0. The first-order chi connectivity index (χ1) is 12.5. The molecule has 0 saturated heterocycles. The molecular weight excluding hydrogens is 351 g/mol. The Hall–Kier alpha value is -3.29. The molecule has 0 N–H and O–H groups in total. The third-order valence-electron chi connectivity index (χ3n) is 3.42. The van der Waals surface area contributed by atoms with E-state index in [1.54, 1.807) is 0 Å². The summed E-state index contributed by atoms with van der Waals surface area (Å²) in [5, 5.41) is 0. The number of carbonyl (C=O) groups is 1. The molecule has 0 spiro atoms. The Morgan fingerprint density at radius 3 is 2.50 bits per heavy atom. The van der Waals surface area contributed by atoms with Crippen LogP contribution in [0.25, 0.3) is 6.08 Å². The second kappa shape index (κ2) is 7.30. The molecule has 134 valence electrons. The molecule has 2 aromatic carbocycles. The van der Waals surface area contributed by atoms with Gasteiger partial charge < -0.3 is 14.2 Å². The van der Waals surface area contributed by atoms with Crippen molar-refractivity contribution in [2.45, 2.75) is 6.61 Å². The molecule has 8 heteroatoms. The number of cyclic esters (lactones) is 1. The quantitative estimate of drug-likeness (QED) is 0.599. The van der Waals surface area contributed by atoms with Gasteiger partial charge >= 0.3 is 12.6 Å². The first kappa shape index (κ1) is 17.5. The van der Waals surface area contributed by atoms with E-state index >= 15 is 0 Å². The van der Waals surface area contributed by atoms with Gasteiger partial charge in [0.15, 0.2) is 17.2 Å². The van der Waals surface area contributed by atoms with Gasteiger partial charge in [-0.15, -0.1) is 0 Å². The van der Waals surface area contributed by atoms with Crippen molar-refractivity contribution in [3.05, 3.63) is 65.1 Å². The number of benzene rings is 2. The van der Waals surface area contributed by atoms with Crippen LogP contribution in [0.2, 0.25) is 0 Å². The van der Waals surface area contributed by atoms with Crippen LogP contribution in [0.1, 0.15) is 11.1 Å². The minimum Gasteiger partial charge on any atom is -0.493 e. The number of nitrogens with zero attached hydrogens (tertiary/aromatic N) is 1. The van der Waals surface area contributed by atoms with Crippen LogP contribution in [0.5, 0.6) is 11.5 Å². The third kappa shape index (κ3) is 3.85. The summed E-state index contributed by atoms with van der Waals surface area (Å²) in [6.07, 6.45) is 1.41. The van der Waals surface area contributed by atoms with E-state index in [9.17, 15) is 18.0 Å². The molecule has 0 bridgehead atoms. The number of carbonyl (C=O) groups excluding carboxylic acids is 1. The number of hydrogen-bond donors (Lipinski definition) is 0. The fourth-order valence-corrected chi connectivity index (χ4v) is 2.25. The van der Waals surface area contributed by atoms with E-state index in [-0.39, 0.29) is 23.1 Å². The fourth-order valence-electron chi connectivity index (χ4n) is 2.25. The van der Waals surface area contributed by atoms with Crippen LogP contribution >= 0.6 is 0 Å². The molecule has 0 radical (unpaired) electrons. The molecule has 3 rings (SSSR count). The lowest BCUT2D eigenvalue weighted by Gasteiger charge is -2.10. The zero-order valence-electron chi connectivity index (χ0n) is 13.4. The van der Waals surface area contributed by atoms with Gasteiger partial charge in [-0.2, -0.15) is 8.78 Å². The Kier molecular flexibility index (Phi) is 4.92. The summed E-state index contributed by atoms with van der Waals surface area (Å²) in [6.45, 7) is -2.99. The standard InChI is InChI=1S/C18H12F3NO4/c1-24-15-9-10(2-7-14(15)25-18(20)21)8-13-17(23)26-16(22-13)11-3-5-12(19)6-4-11/h2-9,18H,1H3/b13-8-. The van der Waals surface area contributed by atoms with E-state index in [0.29, 0.717) is 11.1 Å². The highest BCUT2D eigenvalue weighted by atomic mass is 19.3. The lowest BCUT2D eigenvalue weighted by Crippen LogP contribution is -2.05. The van der Waals surface area contributed by atoms with Crippen LogP contribution in [0, 0.1) is 5.82 Å². The highest BCUT2D eigenvalue weighted by Crippen LogP contribution is 2.30. The Morgan fingerprint density at radius 2 is 1.85 bits per heavy atom. The molecule has 2 aromatic rings. The second-order valence-corrected chi connectivity index (χ2v) is 5.13. The first-order valence-corrected chi connectivity index (χ1v) is 7.37. The topological polar surface area (TPSA) is 57.1 Å². The number of ether oxygens (including phenoxy) is 3. The number of esters is 1. The molecule has 0 saturated carbocycles. The molecule has 1 aliphatic heterocycles. The maximum Gasteiger partial charge on any atom is 0.387 e. The molecule has 26 heavy (non-hydrogen) atoms.